The van der Waals surface area contributed by atoms with E-state index < -0.39 is 0 Å². The maximum Gasteiger partial charge on any atom is 0.226 e. The van der Waals surface area contributed by atoms with E-state index in [2.05, 4.69) is 35.1 Å². The summed E-state index contributed by atoms with van der Waals surface area (Å²) in [5, 5.41) is 3.15. The van der Waals surface area contributed by atoms with Crippen molar-refractivity contribution in [3.05, 3.63) is 34.3 Å². The monoisotopic (exact) mass is 337 g/mol. The highest BCUT2D eigenvalue weighted by Crippen LogP contribution is 2.43. The third-order valence-electron chi connectivity index (χ3n) is 4.21. The first-order chi connectivity index (χ1) is 9.52. The molecule has 1 fully saturated rings. The van der Waals surface area contributed by atoms with E-state index in [0.717, 1.165) is 29.3 Å². The van der Waals surface area contributed by atoms with Gasteiger partial charge in [0.1, 0.15) is 0 Å². The molecule has 0 aliphatic heterocycles. The van der Waals surface area contributed by atoms with E-state index in [4.69, 9.17) is 0 Å². The molecule has 20 heavy (non-hydrogen) atoms. The van der Waals surface area contributed by atoms with Gasteiger partial charge in [0.15, 0.2) is 0 Å². The van der Waals surface area contributed by atoms with Crippen LogP contribution in [0.4, 0.5) is 0 Å². The fourth-order valence-corrected chi connectivity index (χ4v) is 3.59. The maximum atomic E-state index is 12.6. The second-order valence-corrected chi connectivity index (χ2v) is 7.31. The van der Waals surface area contributed by atoms with Crippen LogP contribution in [0.1, 0.15) is 51.5 Å². The highest BCUT2D eigenvalue weighted by atomic mass is 79.9. The lowest BCUT2D eigenvalue weighted by molar-refractivity contribution is -0.132. The van der Waals surface area contributed by atoms with Gasteiger partial charge in [0.25, 0.3) is 0 Å². The minimum Gasteiger partial charge on any atom is -0.352 e. The van der Waals surface area contributed by atoms with Crippen LogP contribution in [-0.4, -0.2) is 5.91 Å². The van der Waals surface area contributed by atoms with Gasteiger partial charge in [0.05, 0.1) is 0 Å². The molecule has 1 aliphatic rings. The molecule has 1 aromatic carbocycles. The molecule has 110 valence electrons. The number of benzene rings is 1. The van der Waals surface area contributed by atoms with Gasteiger partial charge in [-0.15, -0.1) is 0 Å². The van der Waals surface area contributed by atoms with Crippen LogP contribution in [0.2, 0.25) is 0 Å². The molecule has 0 spiro atoms. The van der Waals surface area contributed by atoms with Crippen LogP contribution in [0.3, 0.4) is 0 Å². The predicted octanol–water partition coefficient (Wildman–Crippen LogP) is 4.67. The Kier molecular flexibility index (Phi) is 5.25. The fourth-order valence-electron chi connectivity index (χ4n) is 3.33. The first kappa shape index (κ1) is 15.6. The molecule has 0 aromatic heterocycles. The molecule has 0 heterocycles. The highest BCUT2D eigenvalue weighted by molar-refractivity contribution is 9.10. The highest BCUT2D eigenvalue weighted by Gasteiger charge is 2.40. The predicted molar refractivity (Wildman–Crippen MR) is 86.3 cm³/mol. The molecule has 2 rings (SSSR count). The SMILES string of the molecule is CC(C)CC1(C(=O)NCc2ccc(Br)cc2)CCCC1. The zero-order valence-electron chi connectivity index (χ0n) is 12.4. The van der Waals surface area contributed by atoms with Crippen LogP contribution in [-0.2, 0) is 11.3 Å². The van der Waals surface area contributed by atoms with Crippen molar-refractivity contribution in [1.82, 2.24) is 5.32 Å². The van der Waals surface area contributed by atoms with Gasteiger partial charge < -0.3 is 5.32 Å². The second-order valence-electron chi connectivity index (χ2n) is 6.39. The van der Waals surface area contributed by atoms with Gasteiger partial charge in [-0.3, -0.25) is 4.79 Å². The van der Waals surface area contributed by atoms with Gasteiger partial charge in [0, 0.05) is 16.4 Å². The van der Waals surface area contributed by atoms with Crippen molar-refractivity contribution in [2.75, 3.05) is 0 Å². The Morgan fingerprint density at radius 1 is 1.25 bits per heavy atom. The Labute approximate surface area is 130 Å². The van der Waals surface area contributed by atoms with Gasteiger partial charge in [-0.05, 0) is 42.9 Å². The molecule has 1 aliphatic carbocycles. The average Bonchev–Trinajstić information content (AvgIpc) is 2.86. The van der Waals surface area contributed by atoms with Crippen molar-refractivity contribution in [2.45, 2.75) is 52.5 Å². The van der Waals surface area contributed by atoms with Crippen LogP contribution < -0.4 is 5.32 Å². The van der Waals surface area contributed by atoms with E-state index in [0.29, 0.717) is 12.5 Å². The van der Waals surface area contributed by atoms with E-state index in [9.17, 15) is 4.79 Å². The lowest BCUT2D eigenvalue weighted by atomic mass is 9.77. The zero-order valence-corrected chi connectivity index (χ0v) is 14.0. The Hall–Kier alpha value is -0.830. The van der Waals surface area contributed by atoms with Crippen LogP contribution in [0.25, 0.3) is 0 Å². The number of carbonyl (C=O) groups is 1. The van der Waals surface area contributed by atoms with Crippen LogP contribution in [0, 0.1) is 11.3 Å². The molecule has 2 nitrogen and oxygen atoms in total. The summed E-state index contributed by atoms with van der Waals surface area (Å²) in [6, 6.07) is 8.13. The first-order valence-corrected chi connectivity index (χ1v) is 8.34. The minimum absolute atomic E-state index is 0.108. The lowest BCUT2D eigenvalue weighted by Gasteiger charge is -2.29. The topological polar surface area (TPSA) is 29.1 Å². The van der Waals surface area contributed by atoms with E-state index >= 15 is 0 Å². The summed E-state index contributed by atoms with van der Waals surface area (Å²) < 4.78 is 1.07. The number of amides is 1. The number of nitrogens with one attached hydrogen (secondary N) is 1. The molecule has 1 saturated carbocycles. The standard InChI is InChI=1S/C17H24BrNO/c1-13(2)11-17(9-3-4-10-17)16(20)19-12-14-5-7-15(18)8-6-14/h5-8,13H,3-4,9-12H2,1-2H3,(H,19,20). The smallest absolute Gasteiger partial charge is 0.226 e. The lowest BCUT2D eigenvalue weighted by Crippen LogP contribution is -2.39. The van der Waals surface area contributed by atoms with Crippen LogP contribution >= 0.6 is 15.9 Å². The summed E-state index contributed by atoms with van der Waals surface area (Å²) in [7, 11) is 0. The number of hydrogen-bond acceptors (Lipinski definition) is 1. The second kappa shape index (κ2) is 6.75. The molecule has 0 atom stereocenters. The molecule has 0 saturated heterocycles. The quantitative estimate of drug-likeness (QED) is 0.830. The Morgan fingerprint density at radius 3 is 2.40 bits per heavy atom. The van der Waals surface area contributed by atoms with Crippen LogP contribution in [0.15, 0.2) is 28.7 Å². The molecule has 1 N–H and O–H groups in total. The summed E-state index contributed by atoms with van der Waals surface area (Å²) in [5.41, 5.74) is 1.04. The number of rotatable bonds is 5. The molecular weight excluding hydrogens is 314 g/mol. The molecular formula is C17H24BrNO. The van der Waals surface area contributed by atoms with Crippen molar-refractivity contribution in [1.29, 1.82) is 0 Å². The van der Waals surface area contributed by atoms with Crippen molar-refractivity contribution < 1.29 is 4.79 Å². The average molecular weight is 338 g/mol. The minimum atomic E-state index is -0.108. The Bertz CT molecular complexity index is 447. The van der Waals surface area contributed by atoms with Gasteiger partial charge in [-0.2, -0.15) is 0 Å². The summed E-state index contributed by atoms with van der Waals surface area (Å²) in [6.07, 6.45) is 5.50. The van der Waals surface area contributed by atoms with E-state index in [1.165, 1.54) is 12.8 Å². The fraction of sp³-hybridized carbons (Fsp3) is 0.588. The van der Waals surface area contributed by atoms with Crippen molar-refractivity contribution in [3.63, 3.8) is 0 Å². The molecule has 1 aromatic rings. The summed E-state index contributed by atoms with van der Waals surface area (Å²) in [6.45, 7) is 5.05. The van der Waals surface area contributed by atoms with Gasteiger partial charge in [0.2, 0.25) is 5.91 Å². The van der Waals surface area contributed by atoms with Gasteiger partial charge in [-0.1, -0.05) is 54.8 Å². The normalized spacial score (nSPS) is 17.4. The van der Waals surface area contributed by atoms with Crippen molar-refractivity contribution in [3.8, 4) is 0 Å². The van der Waals surface area contributed by atoms with Gasteiger partial charge in [-0.25, -0.2) is 0 Å². The molecule has 0 radical (unpaired) electrons. The van der Waals surface area contributed by atoms with Crippen LogP contribution in [0.5, 0.6) is 0 Å². The molecule has 0 unspecified atom stereocenters. The van der Waals surface area contributed by atoms with Gasteiger partial charge >= 0.3 is 0 Å². The molecule has 3 heteroatoms. The van der Waals surface area contributed by atoms with Crippen molar-refractivity contribution in [2.24, 2.45) is 11.3 Å². The summed E-state index contributed by atoms with van der Waals surface area (Å²) in [5.74, 6) is 0.832. The molecule has 1 amide bonds. The number of hydrogen-bond donors (Lipinski definition) is 1. The summed E-state index contributed by atoms with van der Waals surface area (Å²) in [4.78, 5) is 12.6. The Balaban J connectivity index is 1.97. The maximum absolute atomic E-state index is 12.6. The first-order valence-electron chi connectivity index (χ1n) is 7.55. The van der Waals surface area contributed by atoms with E-state index in [1.807, 2.05) is 24.3 Å². The summed E-state index contributed by atoms with van der Waals surface area (Å²) >= 11 is 3.43. The van der Waals surface area contributed by atoms with Crippen molar-refractivity contribution >= 4 is 21.8 Å². The zero-order chi connectivity index (χ0) is 14.6. The third-order valence-corrected chi connectivity index (χ3v) is 4.74. The van der Waals surface area contributed by atoms with E-state index in [1.54, 1.807) is 0 Å². The number of halogens is 1. The number of carbonyl (C=O) groups excluding carboxylic acids is 1. The Morgan fingerprint density at radius 2 is 1.85 bits per heavy atom. The third kappa shape index (κ3) is 3.85. The largest absolute Gasteiger partial charge is 0.352 e. The van der Waals surface area contributed by atoms with E-state index in [-0.39, 0.29) is 11.3 Å². The molecule has 0 bridgehead atoms.